The number of nitrogen functional groups attached to an aromatic ring is 1. The van der Waals surface area contributed by atoms with Gasteiger partial charge in [-0.15, -0.1) is 0 Å². The molecule has 0 spiro atoms. The Balaban J connectivity index is 2.21. The number of imidazole rings is 1. The zero-order valence-corrected chi connectivity index (χ0v) is 10.2. The highest BCUT2D eigenvalue weighted by atomic mass is 15.0. The average Bonchev–Trinajstić information content (AvgIpc) is 2.77. The molecular formula is C14H19N3. The number of aryl methyl sites for hydroxylation is 1. The van der Waals surface area contributed by atoms with Crippen LogP contribution in [0.3, 0.4) is 0 Å². The fourth-order valence-corrected chi connectivity index (χ4v) is 2.01. The summed E-state index contributed by atoms with van der Waals surface area (Å²) in [7, 11) is 0. The molecule has 0 saturated carbocycles. The van der Waals surface area contributed by atoms with Gasteiger partial charge in [0.1, 0.15) is 11.6 Å². The van der Waals surface area contributed by atoms with E-state index in [4.69, 9.17) is 5.73 Å². The van der Waals surface area contributed by atoms with Crippen LogP contribution in [0.25, 0.3) is 11.4 Å². The number of anilines is 1. The number of rotatable bonds is 5. The maximum atomic E-state index is 5.67. The molecule has 0 amide bonds. The lowest BCUT2D eigenvalue weighted by Crippen LogP contribution is -1.92. The first-order chi connectivity index (χ1) is 8.31. The molecule has 0 aliphatic heterocycles. The molecule has 90 valence electrons. The summed E-state index contributed by atoms with van der Waals surface area (Å²) in [5.41, 5.74) is 8.18. The normalized spacial score (nSPS) is 10.6. The second kappa shape index (κ2) is 5.53. The summed E-state index contributed by atoms with van der Waals surface area (Å²) in [5.74, 6) is 1.48. The molecule has 1 heterocycles. The van der Waals surface area contributed by atoms with Gasteiger partial charge in [0, 0.05) is 5.56 Å². The molecule has 0 unspecified atom stereocenters. The van der Waals surface area contributed by atoms with Gasteiger partial charge in [0.15, 0.2) is 0 Å². The third-order valence-corrected chi connectivity index (χ3v) is 2.92. The number of H-pyrrole nitrogens is 1. The molecule has 0 radical (unpaired) electrons. The Kier molecular flexibility index (Phi) is 3.81. The molecule has 3 N–H and O–H groups in total. The van der Waals surface area contributed by atoms with Gasteiger partial charge in [-0.2, -0.15) is 0 Å². The fourth-order valence-electron chi connectivity index (χ4n) is 2.01. The lowest BCUT2D eigenvalue weighted by Gasteiger charge is -2.06. The molecular weight excluding hydrogens is 210 g/mol. The van der Waals surface area contributed by atoms with Crippen LogP contribution in [0, 0.1) is 0 Å². The summed E-state index contributed by atoms with van der Waals surface area (Å²) < 4.78 is 0. The van der Waals surface area contributed by atoms with Crippen molar-refractivity contribution in [3.05, 3.63) is 36.0 Å². The molecule has 0 fully saturated rings. The van der Waals surface area contributed by atoms with Crippen LogP contribution in [-0.2, 0) is 6.42 Å². The zero-order chi connectivity index (χ0) is 12.1. The monoisotopic (exact) mass is 229 g/mol. The molecule has 1 aromatic carbocycles. The van der Waals surface area contributed by atoms with Crippen LogP contribution in [0.15, 0.2) is 30.5 Å². The quantitative estimate of drug-likeness (QED) is 0.772. The maximum absolute atomic E-state index is 5.67. The Morgan fingerprint density at radius 1 is 1.24 bits per heavy atom. The number of aromatic amines is 1. The van der Waals surface area contributed by atoms with Crippen molar-refractivity contribution in [3.8, 4) is 11.4 Å². The van der Waals surface area contributed by atoms with E-state index in [9.17, 15) is 0 Å². The number of unbranched alkanes of at least 4 members (excludes halogenated alkanes) is 2. The van der Waals surface area contributed by atoms with Crippen molar-refractivity contribution >= 4 is 5.82 Å². The highest BCUT2D eigenvalue weighted by molar-refractivity contribution is 5.61. The Hall–Kier alpha value is -1.77. The van der Waals surface area contributed by atoms with E-state index in [-0.39, 0.29) is 0 Å². The van der Waals surface area contributed by atoms with Crippen molar-refractivity contribution in [2.75, 3.05) is 5.73 Å². The Morgan fingerprint density at radius 3 is 2.76 bits per heavy atom. The van der Waals surface area contributed by atoms with E-state index in [0.717, 1.165) is 12.2 Å². The van der Waals surface area contributed by atoms with Crippen LogP contribution in [-0.4, -0.2) is 9.97 Å². The fraction of sp³-hybridized carbons (Fsp3) is 0.357. The first kappa shape index (κ1) is 11.7. The topological polar surface area (TPSA) is 54.7 Å². The number of nitrogens with one attached hydrogen (secondary N) is 1. The summed E-state index contributed by atoms with van der Waals surface area (Å²) in [6.07, 6.45) is 6.51. The van der Waals surface area contributed by atoms with Crippen molar-refractivity contribution in [1.82, 2.24) is 9.97 Å². The lowest BCUT2D eigenvalue weighted by atomic mass is 10.0. The number of hydrogen-bond donors (Lipinski definition) is 2. The average molecular weight is 229 g/mol. The summed E-state index contributed by atoms with van der Waals surface area (Å²) in [6.45, 7) is 2.22. The third kappa shape index (κ3) is 2.87. The summed E-state index contributed by atoms with van der Waals surface area (Å²) >= 11 is 0. The Labute approximate surface area is 102 Å². The van der Waals surface area contributed by atoms with Gasteiger partial charge in [-0.1, -0.05) is 44.0 Å². The van der Waals surface area contributed by atoms with E-state index in [1.807, 2.05) is 6.07 Å². The van der Waals surface area contributed by atoms with Gasteiger partial charge in [-0.25, -0.2) is 4.98 Å². The predicted octanol–water partition coefficient (Wildman–Crippen LogP) is 3.39. The minimum absolute atomic E-state index is 0.614. The van der Waals surface area contributed by atoms with Gasteiger partial charge < -0.3 is 10.7 Å². The number of aromatic nitrogens is 2. The van der Waals surface area contributed by atoms with Gasteiger partial charge in [-0.05, 0) is 18.4 Å². The lowest BCUT2D eigenvalue weighted by molar-refractivity contribution is 0.718. The minimum atomic E-state index is 0.614. The van der Waals surface area contributed by atoms with Crippen molar-refractivity contribution < 1.29 is 0 Å². The van der Waals surface area contributed by atoms with E-state index >= 15 is 0 Å². The zero-order valence-electron chi connectivity index (χ0n) is 10.2. The van der Waals surface area contributed by atoms with E-state index in [1.165, 1.54) is 30.4 Å². The standard InChI is InChI=1S/C14H19N3/c1-2-3-4-7-11-8-5-6-9-12(11)14-16-10-13(15)17-14/h5-6,8-10H,2-4,7,15H2,1H3,(H,16,17). The summed E-state index contributed by atoms with van der Waals surface area (Å²) in [4.78, 5) is 7.38. The van der Waals surface area contributed by atoms with E-state index < -0.39 is 0 Å². The Bertz CT molecular complexity index is 474. The largest absolute Gasteiger partial charge is 0.384 e. The van der Waals surface area contributed by atoms with Gasteiger partial charge in [0.25, 0.3) is 0 Å². The van der Waals surface area contributed by atoms with E-state index in [2.05, 4.69) is 35.1 Å². The SMILES string of the molecule is CCCCCc1ccccc1-c1ncc(N)[nH]1. The molecule has 0 atom stereocenters. The highest BCUT2D eigenvalue weighted by Crippen LogP contribution is 2.22. The molecule has 2 rings (SSSR count). The summed E-state index contributed by atoms with van der Waals surface area (Å²) in [5, 5.41) is 0. The second-order valence-electron chi connectivity index (χ2n) is 4.30. The van der Waals surface area contributed by atoms with Gasteiger partial charge in [0.2, 0.25) is 0 Å². The molecule has 2 aromatic rings. The number of hydrogen-bond acceptors (Lipinski definition) is 2. The van der Waals surface area contributed by atoms with Crippen LogP contribution in [0.4, 0.5) is 5.82 Å². The van der Waals surface area contributed by atoms with Crippen LogP contribution in [0.2, 0.25) is 0 Å². The third-order valence-electron chi connectivity index (χ3n) is 2.92. The molecule has 3 heteroatoms. The molecule has 3 nitrogen and oxygen atoms in total. The Morgan fingerprint density at radius 2 is 2.06 bits per heavy atom. The smallest absolute Gasteiger partial charge is 0.139 e. The second-order valence-corrected chi connectivity index (χ2v) is 4.30. The van der Waals surface area contributed by atoms with E-state index in [1.54, 1.807) is 6.20 Å². The molecule has 0 saturated heterocycles. The van der Waals surface area contributed by atoms with Crippen molar-refractivity contribution in [2.45, 2.75) is 32.6 Å². The van der Waals surface area contributed by atoms with Crippen molar-refractivity contribution in [1.29, 1.82) is 0 Å². The summed E-state index contributed by atoms with van der Waals surface area (Å²) in [6, 6.07) is 8.39. The number of nitrogens with two attached hydrogens (primary N) is 1. The molecule has 0 aliphatic rings. The van der Waals surface area contributed by atoms with Gasteiger partial charge in [0.05, 0.1) is 6.20 Å². The molecule has 0 aliphatic carbocycles. The highest BCUT2D eigenvalue weighted by Gasteiger charge is 2.07. The van der Waals surface area contributed by atoms with Crippen LogP contribution in [0.1, 0.15) is 31.7 Å². The van der Waals surface area contributed by atoms with Crippen LogP contribution < -0.4 is 5.73 Å². The molecule has 0 bridgehead atoms. The van der Waals surface area contributed by atoms with Crippen molar-refractivity contribution in [2.24, 2.45) is 0 Å². The van der Waals surface area contributed by atoms with Gasteiger partial charge in [-0.3, -0.25) is 0 Å². The number of nitrogens with zero attached hydrogens (tertiary/aromatic N) is 1. The first-order valence-corrected chi connectivity index (χ1v) is 6.20. The maximum Gasteiger partial charge on any atom is 0.139 e. The predicted molar refractivity (Wildman–Crippen MR) is 71.7 cm³/mol. The molecule has 17 heavy (non-hydrogen) atoms. The molecule has 1 aromatic heterocycles. The first-order valence-electron chi connectivity index (χ1n) is 6.20. The van der Waals surface area contributed by atoms with Gasteiger partial charge >= 0.3 is 0 Å². The number of benzene rings is 1. The minimum Gasteiger partial charge on any atom is -0.384 e. The van der Waals surface area contributed by atoms with Crippen molar-refractivity contribution in [3.63, 3.8) is 0 Å². The van der Waals surface area contributed by atoms with Crippen LogP contribution in [0.5, 0.6) is 0 Å². The van der Waals surface area contributed by atoms with Crippen LogP contribution >= 0.6 is 0 Å². The van der Waals surface area contributed by atoms with E-state index in [0.29, 0.717) is 5.82 Å².